The van der Waals surface area contributed by atoms with E-state index in [0.29, 0.717) is 0 Å². The number of hydrogen-bond acceptors (Lipinski definition) is 2. The van der Waals surface area contributed by atoms with Crippen molar-refractivity contribution in [2.45, 2.75) is 45.3 Å². The molecule has 1 fully saturated rings. The normalized spacial score (nSPS) is 21.4. The first-order chi connectivity index (χ1) is 6.77. The van der Waals surface area contributed by atoms with E-state index < -0.39 is 0 Å². The second-order valence-electron chi connectivity index (χ2n) is 4.23. The Morgan fingerprint density at radius 3 is 2.43 bits per heavy atom. The van der Waals surface area contributed by atoms with Gasteiger partial charge in [0.1, 0.15) is 0 Å². The summed E-state index contributed by atoms with van der Waals surface area (Å²) in [7, 11) is 3.30. The molecule has 1 aliphatic heterocycles. The lowest BCUT2D eigenvalue weighted by Gasteiger charge is -2.30. The first kappa shape index (κ1) is 12.4. The van der Waals surface area contributed by atoms with Crippen LogP contribution in [0.1, 0.15) is 39.5 Å². The van der Waals surface area contributed by atoms with Gasteiger partial charge in [-0.25, -0.2) is 0 Å². The molecule has 0 aromatic heterocycles. The molecule has 0 bridgehead atoms. The van der Waals surface area contributed by atoms with Crippen molar-refractivity contribution in [2.24, 2.45) is 0 Å². The summed E-state index contributed by atoms with van der Waals surface area (Å²) in [6.45, 7) is 8.52. The summed E-state index contributed by atoms with van der Waals surface area (Å²) in [6.07, 6.45) is 5.41. The molecule has 0 aromatic carbocycles. The van der Waals surface area contributed by atoms with Gasteiger partial charge < -0.3 is 0 Å². The summed E-state index contributed by atoms with van der Waals surface area (Å²) in [4.78, 5) is 2.54. The Labute approximate surface area is 90.9 Å². The summed E-state index contributed by atoms with van der Waals surface area (Å²) in [5.74, 6) is 0.799. The van der Waals surface area contributed by atoms with Crippen LogP contribution in [0.4, 0.5) is 0 Å². The average Bonchev–Trinajstić information content (AvgIpc) is 2.66. The van der Waals surface area contributed by atoms with Gasteiger partial charge in [-0.1, -0.05) is 13.8 Å². The van der Waals surface area contributed by atoms with Crippen molar-refractivity contribution in [1.29, 1.82) is 0 Å². The molecule has 1 heterocycles. The molecule has 2 unspecified atom stereocenters. The molecule has 0 aliphatic carbocycles. The van der Waals surface area contributed by atoms with E-state index >= 15 is 0 Å². The van der Waals surface area contributed by atoms with Crippen LogP contribution in [-0.2, 0) is 0 Å². The lowest BCUT2D eigenvalue weighted by Crippen LogP contribution is -2.31. The second-order valence-corrected chi connectivity index (χ2v) is 5.79. The summed E-state index contributed by atoms with van der Waals surface area (Å²) in [5.41, 5.74) is 0. The zero-order chi connectivity index (χ0) is 10.4. The van der Waals surface area contributed by atoms with Crippen molar-refractivity contribution in [3.05, 3.63) is 0 Å². The largest absolute Gasteiger partial charge is 0.299 e. The first-order valence-electron chi connectivity index (χ1n) is 5.99. The number of nitrogens with zero attached hydrogens (tertiary/aromatic N) is 2. The van der Waals surface area contributed by atoms with E-state index in [2.05, 4.69) is 30.5 Å². The molecule has 0 aromatic rings. The van der Waals surface area contributed by atoms with Gasteiger partial charge >= 0.3 is 0 Å². The van der Waals surface area contributed by atoms with E-state index in [1.54, 1.807) is 0 Å². The van der Waals surface area contributed by atoms with Crippen LogP contribution >= 0.6 is 8.73 Å². The Balaban J connectivity index is 2.29. The topological polar surface area (TPSA) is 6.48 Å². The maximum Gasteiger partial charge on any atom is 0.0397 e. The van der Waals surface area contributed by atoms with Crippen LogP contribution in [0, 0.1) is 0 Å². The van der Waals surface area contributed by atoms with Crippen LogP contribution in [-0.4, -0.2) is 42.0 Å². The molecule has 0 radical (unpaired) electrons. The van der Waals surface area contributed by atoms with Gasteiger partial charge in [-0.15, -0.1) is 0 Å². The Kier molecular flexibility index (Phi) is 6.00. The maximum atomic E-state index is 2.65. The van der Waals surface area contributed by atoms with Crippen molar-refractivity contribution < 1.29 is 0 Å². The van der Waals surface area contributed by atoms with Crippen molar-refractivity contribution >= 4 is 8.73 Å². The van der Waals surface area contributed by atoms with Crippen molar-refractivity contribution in [3.63, 3.8) is 0 Å². The zero-order valence-electron chi connectivity index (χ0n) is 9.92. The van der Waals surface area contributed by atoms with Gasteiger partial charge in [-0.05, 0) is 48.0 Å². The highest BCUT2D eigenvalue weighted by atomic mass is 31.1. The standard InChI is InChI=1S/C11H25N2P/c1-4-8-12(3)11(5-2)14-13-9-6-7-10-13/h11,14H,4-10H2,1-3H3. The van der Waals surface area contributed by atoms with Gasteiger partial charge in [-0.3, -0.25) is 9.57 Å². The fraction of sp³-hybridized carbons (Fsp3) is 1.00. The molecule has 14 heavy (non-hydrogen) atoms. The minimum atomic E-state index is 0.799. The van der Waals surface area contributed by atoms with Crippen LogP contribution in [0.15, 0.2) is 0 Å². The van der Waals surface area contributed by atoms with Crippen LogP contribution < -0.4 is 0 Å². The van der Waals surface area contributed by atoms with E-state index in [1.165, 1.54) is 45.3 Å². The molecular formula is C11H25N2P. The molecule has 2 atom stereocenters. The quantitative estimate of drug-likeness (QED) is 0.630. The molecule has 84 valence electrons. The lowest BCUT2D eigenvalue weighted by molar-refractivity contribution is 0.299. The molecule has 2 nitrogen and oxygen atoms in total. The predicted octanol–water partition coefficient (Wildman–Crippen LogP) is 2.75. The Hall–Kier alpha value is 0.350. The molecule has 1 aliphatic rings. The van der Waals surface area contributed by atoms with E-state index in [4.69, 9.17) is 0 Å². The summed E-state index contributed by atoms with van der Waals surface area (Å²) >= 11 is 0. The summed E-state index contributed by atoms with van der Waals surface area (Å²) in [5, 5.41) is 0. The number of rotatable bonds is 6. The maximum absolute atomic E-state index is 2.65. The van der Waals surface area contributed by atoms with Gasteiger partial charge in [0.25, 0.3) is 0 Å². The third-order valence-electron chi connectivity index (χ3n) is 2.93. The Morgan fingerprint density at radius 2 is 1.93 bits per heavy atom. The van der Waals surface area contributed by atoms with Crippen molar-refractivity contribution in [1.82, 2.24) is 9.57 Å². The van der Waals surface area contributed by atoms with Gasteiger partial charge in [0.2, 0.25) is 0 Å². The van der Waals surface area contributed by atoms with E-state index in [9.17, 15) is 0 Å². The smallest absolute Gasteiger partial charge is 0.0397 e. The minimum absolute atomic E-state index is 0.799. The molecule has 1 saturated heterocycles. The van der Waals surface area contributed by atoms with Gasteiger partial charge in [0, 0.05) is 18.9 Å². The van der Waals surface area contributed by atoms with Crippen LogP contribution in [0.2, 0.25) is 0 Å². The van der Waals surface area contributed by atoms with E-state index in [-0.39, 0.29) is 0 Å². The van der Waals surface area contributed by atoms with Crippen molar-refractivity contribution in [3.8, 4) is 0 Å². The monoisotopic (exact) mass is 216 g/mol. The highest BCUT2D eigenvalue weighted by Crippen LogP contribution is 2.32. The first-order valence-corrected chi connectivity index (χ1v) is 7.01. The molecule has 0 saturated carbocycles. The molecular weight excluding hydrogens is 191 g/mol. The second kappa shape index (κ2) is 6.76. The molecule has 1 rings (SSSR count). The average molecular weight is 216 g/mol. The highest BCUT2D eigenvalue weighted by molar-refractivity contribution is 7.36. The summed E-state index contributed by atoms with van der Waals surface area (Å²) < 4.78 is 2.65. The highest BCUT2D eigenvalue weighted by Gasteiger charge is 2.18. The third kappa shape index (κ3) is 3.84. The fourth-order valence-corrected chi connectivity index (χ4v) is 3.57. The molecule has 0 amide bonds. The van der Waals surface area contributed by atoms with Gasteiger partial charge in [0.05, 0.1) is 0 Å². The number of hydrogen-bond donors (Lipinski definition) is 0. The lowest BCUT2D eigenvalue weighted by atomic mass is 10.4. The fourth-order valence-electron chi connectivity index (χ4n) is 2.07. The van der Waals surface area contributed by atoms with Crippen LogP contribution in [0.5, 0.6) is 0 Å². The Bertz CT molecular complexity index is 146. The molecule has 0 N–H and O–H groups in total. The minimum Gasteiger partial charge on any atom is -0.299 e. The predicted molar refractivity (Wildman–Crippen MR) is 66.1 cm³/mol. The Morgan fingerprint density at radius 1 is 1.29 bits per heavy atom. The zero-order valence-corrected chi connectivity index (χ0v) is 10.9. The summed E-state index contributed by atoms with van der Waals surface area (Å²) in [6, 6.07) is 0. The third-order valence-corrected chi connectivity index (χ3v) is 4.89. The molecule has 0 spiro atoms. The van der Waals surface area contributed by atoms with Crippen LogP contribution in [0.3, 0.4) is 0 Å². The van der Waals surface area contributed by atoms with E-state index in [0.717, 1.165) is 14.5 Å². The van der Waals surface area contributed by atoms with Gasteiger partial charge in [0.15, 0.2) is 0 Å². The SMILES string of the molecule is CCCN(C)C(CC)PN1CCCC1. The molecule has 3 heteroatoms. The van der Waals surface area contributed by atoms with Crippen molar-refractivity contribution in [2.75, 3.05) is 26.7 Å². The van der Waals surface area contributed by atoms with E-state index in [1.807, 2.05) is 0 Å². The van der Waals surface area contributed by atoms with Crippen LogP contribution in [0.25, 0.3) is 0 Å². The van der Waals surface area contributed by atoms with Gasteiger partial charge in [-0.2, -0.15) is 0 Å².